The topological polar surface area (TPSA) is 29.9 Å². The van der Waals surface area contributed by atoms with Crippen LogP contribution in [0.5, 0.6) is 0 Å². The summed E-state index contributed by atoms with van der Waals surface area (Å²) in [5.41, 5.74) is 1.09. The van der Waals surface area contributed by atoms with Crippen LogP contribution >= 0.6 is 0 Å². The number of halogens is 3. The fourth-order valence-electron chi connectivity index (χ4n) is 2.72. The number of rotatable bonds is 4. The molecule has 0 aromatic carbocycles. The van der Waals surface area contributed by atoms with Crippen LogP contribution in [0.1, 0.15) is 31.4 Å². The Hall–Kier alpha value is -1.04. The number of alkyl halides is 3. The highest BCUT2D eigenvalue weighted by Crippen LogP contribution is 2.37. The molecule has 1 aromatic rings. The highest BCUT2D eigenvalue weighted by atomic mass is 19.4. The first-order valence-corrected chi connectivity index (χ1v) is 6.74. The number of nitrogens with zero attached hydrogens (tertiary/aromatic N) is 2. The minimum Gasteiger partial charge on any atom is -0.314 e. The molecule has 3 nitrogen and oxygen atoms in total. The number of aromatic nitrogens is 2. The standard InChI is InChI=1S/C13H20F3N3/c1-19-12(6-8-18-19)5-7-17-11-4-2-3-10(9-11)13(14,15)16/h6,8,10-11,17H,2-5,7,9H2,1H3. The van der Waals surface area contributed by atoms with Crippen LogP contribution in [0.2, 0.25) is 0 Å². The third kappa shape index (κ3) is 3.96. The molecule has 1 fully saturated rings. The number of nitrogens with one attached hydrogen (secondary N) is 1. The van der Waals surface area contributed by atoms with E-state index in [-0.39, 0.29) is 18.9 Å². The van der Waals surface area contributed by atoms with Crippen molar-refractivity contribution in [2.45, 2.75) is 44.3 Å². The molecule has 19 heavy (non-hydrogen) atoms. The van der Waals surface area contributed by atoms with Gasteiger partial charge in [0.15, 0.2) is 0 Å². The second-order valence-corrected chi connectivity index (χ2v) is 5.25. The summed E-state index contributed by atoms with van der Waals surface area (Å²) < 4.78 is 39.8. The molecule has 1 aromatic heterocycles. The van der Waals surface area contributed by atoms with E-state index in [1.807, 2.05) is 13.1 Å². The summed E-state index contributed by atoms with van der Waals surface area (Å²) in [7, 11) is 1.87. The molecule has 0 aliphatic heterocycles. The van der Waals surface area contributed by atoms with Gasteiger partial charge in [-0.2, -0.15) is 18.3 Å². The normalized spacial score (nSPS) is 24.6. The van der Waals surface area contributed by atoms with Crippen molar-refractivity contribution < 1.29 is 13.2 Å². The number of aryl methyl sites for hydroxylation is 1. The van der Waals surface area contributed by atoms with Crippen molar-refractivity contribution in [1.82, 2.24) is 15.1 Å². The third-order valence-corrected chi connectivity index (χ3v) is 3.87. The van der Waals surface area contributed by atoms with E-state index < -0.39 is 12.1 Å². The lowest BCUT2D eigenvalue weighted by Crippen LogP contribution is -2.39. The summed E-state index contributed by atoms with van der Waals surface area (Å²) in [6.07, 6.45) is 0.492. The molecule has 0 radical (unpaired) electrons. The average molecular weight is 275 g/mol. The fraction of sp³-hybridized carbons (Fsp3) is 0.769. The maximum Gasteiger partial charge on any atom is 0.391 e. The van der Waals surface area contributed by atoms with Gasteiger partial charge >= 0.3 is 6.18 Å². The van der Waals surface area contributed by atoms with Crippen LogP contribution in [0, 0.1) is 5.92 Å². The molecule has 2 unspecified atom stereocenters. The molecule has 1 saturated carbocycles. The lowest BCUT2D eigenvalue weighted by Gasteiger charge is -2.31. The largest absolute Gasteiger partial charge is 0.391 e. The van der Waals surface area contributed by atoms with E-state index in [4.69, 9.17) is 0 Å². The Morgan fingerprint density at radius 2 is 2.21 bits per heavy atom. The van der Waals surface area contributed by atoms with Crippen LogP contribution in [0.3, 0.4) is 0 Å². The van der Waals surface area contributed by atoms with E-state index in [1.165, 1.54) is 0 Å². The predicted molar refractivity (Wildman–Crippen MR) is 66.7 cm³/mol. The van der Waals surface area contributed by atoms with Crippen molar-refractivity contribution in [3.8, 4) is 0 Å². The zero-order chi connectivity index (χ0) is 13.9. The number of hydrogen-bond acceptors (Lipinski definition) is 2. The maximum absolute atomic E-state index is 12.7. The Bertz CT molecular complexity index is 400. The van der Waals surface area contributed by atoms with Crippen molar-refractivity contribution in [2.24, 2.45) is 13.0 Å². The Kier molecular flexibility index (Phi) is 4.50. The van der Waals surface area contributed by atoms with Gasteiger partial charge in [0.25, 0.3) is 0 Å². The van der Waals surface area contributed by atoms with E-state index in [2.05, 4.69) is 10.4 Å². The van der Waals surface area contributed by atoms with Gasteiger partial charge in [0.05, 0.1) is 5.92 Å². The molecule has 2 rings (SSSR count). The quantitative estimate of drug-likeness (QED) is 0.915. The molecule has 0 bridgehead atoms. The minimum atomic E-state index is -4.04. The first kappa shape index (κ1) is 14.4. The average Bonchev–Trinajstić information content (AvgIpc) is 2.75. The zero-order valence-corrected chi connectivity index (χ0v) is 11.1. The van der Waals surface area contributed by atoms with E-state index in [0.29, 0.717) is 13.0 Å². The summed E-state index contributed by atoms with van der Waals surface area (Å²) in [6, 6.07) is 1.93. The van der Waals surface area contributed by atoms with Crippen LogP contribution in [-0.4, -0.2) is 28.5 Å². The van der Waals surface area contributed by atoms with E-state index >= 15 is 0 Å². The molecule has 1 aliphatic carbocycles. The molecule has 0 spiro atoms. The fourth-order valence-corrected chi connectivity index (χ4v) is 2.72. The van der Waals surface area contributed by atoms with Crippen LogP contribution < -0.4 is 5.32 Å². The molecular weight excluding hydrogens is 255 g/mol. The predicted octanol–water partition coefficient (Wildman–Crippen LogP) is 2.67. The van der Waals surface area contributed by atoms with Gasteiger partial charge < -0.3 is 5.32 Å². The van der Waals surface area contributed by atoms with Crippen LogP contribution in [-0.2, 0) is 13.5 Å². The summed E-state index contributed by atoms with van der Waals surface area (Å²) in [5, 5.41) is 7.31. The van der Waals surface area contributed by atoms with Crippen LogP contribution in [0.15, 0.2) is 12.3 Å². The van der Waals surface area contributed by atoms with Gasteiger partial charge in [0.1, 0.15) is 0 Å². The first-order valence-electron chi connectivity index (χ1n) is 6.74. The molecular formula is C13H20F3N3. The Morgan fingerprint density at radius 1 is 1.42 bits per heavy atom. The van der Waals surface area contributed by atoms with Crippen molar-refractivity contribution in [3.05, 3.63) is 18.0 Å². The van der Waals surface area contributed by atoms with Gasteiger partial charge in [-0.15, -0.1) is 0 Å². The highest BCUT2D eigenvalue weighted by molar-refractivity contribution is 5.00. The van der Waals surface area contributed by atoms with Gasteiger partial charge in [0.2, 0.25) is 0 Å². The minimum absolute atomic E-state index is 0.00592. The molecule has 1 N–H and O–H groups in total. The van der Waals surface area contributed by atoms with Crippen molar-refractivity contribution in [2.75, 3.05) is 6.54 Å². The molecule has 0 amide bonds. The lowest BCUT2D eigenvalue weighted by molar-refractivity contribution is -0.183. The lowest BCUT2D eigenvalue weighted by atomic mass is 9.85. The molecule has 1 aliphatic rings. The van der Waals surface area contributed by atoms with Gasteiger partial charge in [-0.3, -0.25) is 4.68 Å². The van der Waals surface area contributed by atoms with Crippen LogP contribution in [0.25, 0.3) is 0 Å². The molecule has 6 heteroatoms. The summed E-state index contributed by atoms with van der Waals surface area (Å²) in [4.78, 5) is 0. The Balaban J connectivity index is 1.75. The van der Waals surface area contributed by atoms with E-state index in [1.54, 1.807) is 10.9 Å². The second-order valence-electron chi connectivity index (χ2n) is 5.25. The smallest absolute Gasteiger partial charge is 0.314 e. The van der Waals surface area contributed by atoms with Crippen molar-refractivity contribution in [1.29, 1.82) is 0 Å². The molecule has 108 valence electrons. The third-order valence-electron chi connectivity index (χ3n) is 3.87. The van der Waals surface area contributed by atoms with Gasteiger partial charge in [0, 0.05) is 37.9 Å². The maximum atomic E-state index is 12.7. The van der Waals surface area contributed by atoms with Gasteiger partial charge in [-0.25, -0.2) is 0 Å². The van der Waals surface area contributed by atoms with Crippen LogP contribution in [0.4, 0.5) is 13.2 Å². The SMILES string of the molecule is Cn1nccc1CCNC1CCCC(C(F)(F)F)C1. The summed E-state index contributed by atoms with van der Waals surface area (Å²) in [5.74, 6) is -1.13. The Morgan fingerprint density at radius 3 is 2.84 bits per heavy atom. The summed E-state index contributed by atoms with van der Waals surface area (Å²) in [6.45, 7) is 0.703. The molecule has 2 atom stereocenters. The summed E-state index contributed by atoms with van der Waals surface area (Å²) >= 11 is 0. The second kappa shape index (κ2) is 5.94. The van der Waals surface area contributed by atoms with E-state index in [9.17, 15) is 13.2 Å². The van der Waals surface area contributed by atoms with Gasteiger partial charge in [-0.05, 0) is 25.3 Å². The van der Waals surface area contributed by atoms with Crippen molar-refractivity contribution in [3.63, 3.8) is 0 Å². The highest BCUT2D eigenvalue weighted by Gasteiger charge is 2.41. The van der Waals surface area contributed by atoms with Crippen molar-refractivity contribution >= 4 is 0 Å². The molecule has 0 saturated heterocycles. The molecule has 1 heterocycles. The zero-order valence-electron chi connectivity index (χ0n) is 11.1. The monoisotopic (exact) mass is 275 g/mol. The Labute approximate surface area is 111 Å². The first-order chi connectivity index (χ1) is 8.97. The number of hydrogen-bond donors (Lipinski definition) is 1. The van der Waals surface area contributed by atoms with E-state index in [0.717, 1.165) is 18.5 Å². The van der Waals surface area contributed by atoms with Gasteiger partial charge in [-0.1, -0.05) is 6.42 Å².